The molecule has 1 fully saturated rings. The second-order valence-corrected chi connectivity index (χ2v) is 3.16. The number of halogens is 4. The summed E-state index contributed by atoms with van der Waals surface area (Å²) in [6, 6.07) is 0. The van der Waals surface area contributed by atoms with Crippen LogP contribution in [0.5, 0.6) is 0 Å². The first kappa shape index (κ1) is 14.5. The fraction of sp³-hybridized carbons (Fsp3) is 0.875. The predicted molar refractivity (Wildman–Crippen MR) is 49.8 cm³/mol. The van der Waals surface area contributed by atoms with Crippen molar-refractivity contribution in [3.05, 3.63) is 0 Å². The van der Waals surface area contributed by atoms with E-state index in [4.69, 9.17) is 0 Å². The van der Waals surface area contributed by atoms with Gasteiger partial charge in [0.15, 0.2) is 0 Å². The minimum Gasteiger partial charge on any atom is -0.466 e. The van der Waals surface area contributed by atoms with Crippen LogP contribution in [0.15, 0.2) is 0 Å². The number of rotatable bonds is 2. The van der Waals surface area contributed by atoms with E-state index < -0.39 is 24.0 Å². The Morgan fingerprint density at radius 2 is 2.07 bits per heavy atom. The van der Waals surface area contributed by atoms with E-state index in [9.17, 15) is 18.0 Å². The minimum atomic E-state index is -4.33. The summed E-state index contributed by atoms with van der Waals surface area (Å²) in [4.78, 5) is 11.1. The van der Waals surface area contributed by atoms with Crippen LogP contribution in [0.3, 0.4) is 0 Å². The van der Waals surface area contributed by atoms with Gasteiger partial charge in [0, 0.05) is 13.1 Å². The quantitative estimate of drug-likeness (QED) is 0.749. The topological polar surface area (TPSA) is 38.3 Å². The summed E-state index contributed by atoms with van der Waals surface area (Å²) in [5, 5.41) is 2.55. The summed E-state index contributed by atoms with van der Waals surface area (Å²) >= 11 is 0. The molecule has 0 aromatic heterocycles. The lowest BCUT2D eigenvalue weighted by Gasteiger charge is -2.19. The van der Waals surface area contributed by atoms with Gasteiger partial charge < -0.3 is 10.1 Å². The van der Waals surface area contributed by atoms with Crippen molar-refractivity contribution in [1.29, 1.82) is 0 Å². The van der Waals surface area contributed by atoms with Gasteiger partial charge in [0.25, 0.3) is 0 Å². The largest absolute Gasteiger partial charge is 0.466 e. The van der Waals surface area contributed by atoms with E-state index in [1.165, 1.54) is 0 Å². The Balaban J connectivity index is 0.00000196. The molecule has 1 rings (SSSR count). The maximum atomic E-state index is 12.4. The summed E-state index contributed by atoms with van der Waals surface area (Å²) in [6.45, 7) is 1.53. The highest BCUT2D eigenvalue weighted by Gasteiger charge is 2.50. The Kier molecular flexibility index (Phi) is 5.37. The van der Waals surface area contributed by atoms with E-state index in [2.05, 4.69) is 10.1 Å². The number of carbonyl (C=O) groups excluding carboxylic acids is 1. The molecule has 0 aromatic carbocycles. The van der Waals surface area contributed by atoms with Gasteiger partial charge in [0.2, 0.25) is 0 Å². The minimum absolute atomic E-state index is 0. The predicted octanol–water partition coefficient (Wildman–Crippen LogP) is 1.37. The third kappa shape index (κ3) is 3.53. The molecule has 2 atom stereocenters. The van der Waals surface area contributed by atoms with Crippen LogP contribution in [0.1, 0.15) is 6.92 Å². The van der Waals surface area contributed by atoms with Crippen molar-refractivity contribution in [2.75, 3.05) is 19.7 Å². The van der Waals surface area contributed by atoms with Crippen LogP contribution in [0.4, 0.5) is 13.2 Å². The highest BCUT2D eigenvalue weighted by Crippen LogP contribution is 2.34. The summed E-state index contributed by atoms with van der Waals surface area (Å²) in [5.74, 6) is -3.46. The van der Waals surface area contributed by atoms with Gasteiger partial charge in [0.1, 0.15) is 0 Å². The number of ether oxygens (including phenoxy) is 1. The summed E-state index contributed by atoms with van der Waals surface area (Å²) in [7, 11) is 0. The zero-order valence-electron chi connectivity index (χ0n) is 8.13. The van der Waals surface area contributed by atoms with Crippen LogP contribution < -0.4 is 5.32 Å². The van der Waals surface area contributed by atoms with Crippen molar-refractivity contribution in [2.45, 2.75) is 13.1 Å². The third-order valence-electron chi connectivity index (χ3n) is 2.22. The molecule has 1 aliphatic rings. The zero-order chi connectivity index (χ0) is 10.8. The molecule has 0 spiro atoms. The molecule has 7 heteroatoms. The number of nitrogens with one attached hydrogen (secondary N) is 1. The standard InChI is InChI=1S/C8H12F3NO2.ClH/c1-2-14-7(13)5-3-12-4-6(5)8(9,10)11;/h5-6,12H,2-4H2,1H3;1H. The fourth-order valence-corrected chi connectivity index (χ4v) is 1.52. The molecule has 1 aliphatic heterocycles. The normalized spacial score (nSPS) is 25.9. The molecular formula is C8H13ClF3NO2. The molecule has 15 heavy (non-hydrogen) atoms. The highest BCUT2D eigenvalue weighted by molar-refractivity contribution is 5.85. The van der Waals surface area contributed by atoms with E-state index >= 15 is 0 Å². The van der Waals surface area contributed by atoms with E-state index in [1.807, 2.05) is 0 Å². The van der Waals surface area contributed by atoms with Gasteiger partial charge in [-0.15, -0.1) is 12.4 Å². The number of carbonyl (C=O) groups is 1. The maximum absolute atomic E-state index is 12.4. The van der Waals surface area contributed by atoms with E-state index in [0.29, 0.717) is 0 Å². The van der Waals surface area contributed by atoms with Crippen LogP contribution in [0.25, 0.3) is 0 Å². The SMILES string of the molecule is CCOC(=O)C1CNCC1C(F)(F)F.Cl. The van der Waals surface area contributed by atoms with Crippen molar-refractivity contribution in [3.8, 4) is 0 Å². The van der Waals surface area contributed by atoms with Gasteiger partial charge in [-0.25, -0.2) is 0 Å². The summed E-state index contributed by atoms with van der Waals surface area (Å²) < 4.78 is 41.7. The van der Waals surface area contributed by atoms with Gasteiger partial charge in [0.05, 0.1) is 18.4 Å². The van der Waals surface area contributed by atoms with Crippen LogP contribution in [0, 0.1) is 11.8 Å². The number of hydrogen-bond donors (Lipinski definition) is 1. The van der Waals surface area contributed by atoms with Crippen molar-refractivity contribution < 1.29 is 22.7 Å². The first-order chi connectivity index (χ1) is 6.46. The first-order valence-corrected chi connectivity index (χ1v) is 4.41. The molecule has 90 valence electrons. The van der Waals surface area contributed by atoms with Crippen LogP contribution in [-0.2, 0) is 9.53 Å². The Labute approximate surface area is 91.8 Å². The zero-order valence-corrected chi connectivity index (χ0v) is 8.95. The summed E-state index contributed by atoms with van der Waals surface area (Å²) in [6.07, 6.45) is -4.33. The molecule has 0 aliphatic carbocycles. The van der Waals surface area contributed by atoms with Crippen LogP contribution >= 0.6 is 12.4 Å². The number of esters is 1. The average Bonchev–Trinajstić information content (AvgIpc) is 2.50. The molecule has 0 bridgehead atoms. The Hall–Kier alpha value is -0.490. The van der Waals surface area contributed by atoms with Crippen molar-refractivity contribution >= 4 is 18.4 Å². The molecule has 3 nitrogen and oxygen atoms in total. The fourth-order valence-electron chi connectivity index (χ4n) is 1.52. The second-order valence-electron chi connectivity index (χ2n) is 3.16. The Bertz CT molecular complexity index is 222. The van der Waals surface area contributed by atoms with E-state index in [-0.39, 0.29) is 32.1 Å². The lowest BCUT2D eigenvalue weighted by Crippen LogP contribution is -2.34. The molecule has 0 aromatic rings. The lowest BCUT2D eigenvalue weighted by atomic mass is 9.96. The van der Waals surface area contributed by atoms with Crippen LogP contribution in [0.2, 0.25) is 0 Å². The van der Waals surface area contributed by atoms with Crippen molar-refractivity contribution in [3.63, 3.8) is 0 Å². The average molecular weight is 248 g/mol. The molecular weight excluding hydrogens is 235 g/mol. The molecule has 1 N–H and O–H groups in total. The van der Waals surface area contributed by atoms with E-state index in [1.54, 1.807) is 6.92 Å². The monoisotopic (exact) mass is 247 g/mol. The molecule has 2 unspecified atom stereocenters. The maximum Gasteiger partial charge on any atom is 0.393 e. The van der Waals surface area contributed by atoms with Gasteiger partial charge in [-0.05, 0) is 6.92 Å². The molecule has 0 amide bonds. The van der Waals surface area contributed by atoms with Crippen molar-refractivity contribution in [2.24, 2.45) is 11.8 Å². The number of hydrogen-bond acceptors (Lipinski definition) is 3. The van der Waals surface area contributed by atoms with Gasteiger partial charge in [-0.3, -0.25) is 4.79 Å². The van der Waals surface area contributed by atoms with Crippen molar-refractivity contribution in [1.82, 2.24) is 5.32 Å². The molecule has 1 heterocycles. The van der Waals surface area contributed by atoms with Gasteiger partial charge in [-0.2, -0.15) is 13.2 Å². The first-order valence-electron chi connectivity index (χ1n) is 4.41. The lowest BCUT2D eigenvalue weighted by molar-refractivity contribution is -0.189. The Morgan fingerprint density at radius 1 is 1.47 bits per heavy atom. The molecule has 1 saturated heterocycles. The molecule has 0 saturated carbocycles. The van der Waals surface area contributed by atoms with Gasteiger partial charge in [-0.1, -0.05) is 0 Å². The third-order valence-corrected chi connectivity index (χ3v) is 2.22. The number of alkyl halides is 3. The molecule has 0 radical (unpaired) electrons. The Morgan fingerprint density at radius 3 is 2.53 bits per heavy atom. The smallest absolute Gasteiger partial charge is 0.393 e. The highest BCUT2D eigenvalue weighted by atomic mass is 35.5. The van der Waals surface area contributed by atoms with E-state index in [0.717, 1.165) is 0 Å². The summed E-state index contributed by atoms with van der Waals surface area (Å²) in [5.41, 5.74) is 0. The van der Waals surface area contributed by atoms with Crippen LogP contribution in [-0.4, -0.2) is 31.8 Å². The van der Waals surface area contributed by atoms with Gasteiger partial charge >= 0.3 is 12.1 Å². The second kappa shape index (κ2) is 5.55.